The number of hydrogen-bond acceptors (Lipinski definition) is 4. The van der Waals surface area contributed by atoms with Gasteiger partial charge in [0.25, 0.3) is 0 Å². The van der Waals surface area contributed by atoms with Crippen molar-refractivity contribution in [3.63, 3.8) is 0 Å². The summed E-state index contributed by atoms with van der Waals surface area (Å²) in [5.74, 6) is 0.597. The van der Waals surface area contributed by atoms with E-state index in [1.165, 1.54) is 12.1 Å². The van der Waals surface area contributed by atoms with Crippen LogP contribution in [0, 0.1) is 5.82 Å². The van der Waals surface area contributed by atoms with Gasteiger partial charge in [-0.2, -0.15) is 9.61 Å². The summed E-state index contributed by atoms with van der Waals surface area (Å²) in [6, 6.07) is 14.1. The second kappa shape index (κ2) is 6.68. The summed E-state index contributed by atoms with van der Waals surface area (Å²) in [6.07, 6.45) is 6.10. The number of halogens is 1. The number of benzene rings is 1. The van der Waals surface area contributed by atoms with Crippen LogP contribution in [0.25, 0.3) is 16.8 Å². The van der Waals surface area contributed by atoms with Crippen molar-refractivity contribution in [1.29, 1.82) is 0 Å². The normalized spacial score (nSPS) is 10.9. The van der Waals surface area contributed by atoms with Gasteiger partial charge in [0.15, 0.2) is 5.65 Å². The Balaban J connectivity index is 1.57. The van der Waals surface area contributed by atoms with Crippen molar-refractivity contribution >= 4 is 11.5 Å². The third-order valence-electron chi connectivity index (χ3n) is 3.97. The minimum absolute atomic E-state index is 0.259. The van der Waals surface area contributed by atoms with Crippen LogP contribution in [-0.2, 0) is 6.42 Å². The van der Waals surface area contributed by atoms with Gasteiger partial charge in [-0.25, -0.2) is 9.37 Å². The molecule has 0 amide bonds. The van der Waals surface area contributed by atoms with Gasteiger partial charge in [0.05, 0.1) is 6.20 Å². The molecule has 124 valence electrons. The average molecular weight is 333 g/mol. The lowest BCUT2D eigenvalue weighted by Crippen LogP contribution is -2.09. The summed E-state index contributed by atoms with van der Waals surface area (Å²) in [5.41, 5.74) is 3.52. The largest absolute Gasteiger partial charge is 0.370 e. The molecule has 6 heteroatoms. The summed E-state index contributed by atoms with van der Waals surface area (Å²) in [7, 11) is 0. The van der Waals surface area contributed by atoms with Crippen LogP contribution in [0.15, 0.2) is 67.1 Å². The molecule has 0 saturated carbocycles. The quantitative estimate of drug-likeness (QED) is 0.606. The molecule has 0 fully saturated rings. The molecule has 5 nitrogen and oxygen atoms in total. The summed E-state index contributed by atoms with van der Waals surface area (Å²) in [5, 5.41) is 7.80. The molecule has 4 aromatic rings. The molecule has 0 aliphatic rings. The first kappa shape index (κ1) is 15.3. The van der Waals surface area contributed by atoms with Crippen molar-refractivity contribution in [2.24, 2.45) is 0 Å². The monoisotopic (exact) mass is 333 g/mol. The van der Waals surface area contributed by atoms with Crippen LogP contribution in [0.3, 0.4) is 0 Å². The summed E-state index contributed by atoms with van der Waals surface area (Å²) < 4.78 is 14.9. The summed E-state index contributed by atoms with van der Waals surface area (Å²) >= 11 is 0. The minimum atomic E-state index is -0.259. The number of hydrogen-bond donors (Lipinski definition) is 1. The highest BCUT2D eigenvalue weighted by Crippen LogP contribution is 2.25. The molecule has 0 aliphatic carbocycles. The molecule has 0 unspecified atom stereocenters. The molecule has 25 heavy (non-hydrogen) atoms. The van der Waals surface area contributed by atoms with Crippen molar-refractivity contribution in [3.8, 4) is 11.1 Å². The molecule has 3 aromatic heterocycles. The predicted octanol–water partition coefficient (Wildman–Crippen LogP) is 3.59. The maximum atomic E-state index is 13.1. The van der Waals surface area contributed by atoms with Gasteiger partial charge in [-0.1, -0.05) is 18.2 Å². The zero-order valence-corrected chi connectivity index (χ0v) is 13.4. The zero-order valence-electron chi connectivity index (χ0n) is 13.4. The van der Waals surface area contributed by atoms with E-state index in [2.05, 4.69) is 20.4 Å². The van der Waals surface area contributed by atoms with E-state index >= 15 is 0 Å². The smallest absolute Gasteiger partial charge is 0.165 e. The van der Waals surface area contributed by atoms with Gasteiger partial charge in [-0.3, -0.25) is 4.98 Å². The Hall–Kier alpha value is -3.28. The van der Waals surface area contributed by atoms with Gasteiger partial charge in [0.2, 0.25) is 0 Å². The maximum absolute atomic E-state index is 13.1. The van der Waals surface area contributed by atoms with Gasteiger partial charge in [-0.05, 0) is 35.9 Å². The average Bonchev–Trinajstić information content (AvgIpc) is 3.08. The third kappa shape index (κ3) is 3.19. The van der Waals surface area contributed by atoms with Gasteiger partial charge in [0, 0.05) is 36.6 Å². The van der Waals surface area contributed by atoms with E-state index < -0.39 is 0 Å². The topological polar surface area (TPSA) is 55.1 Å². The van der Waals surface area contributed by atoms with E-state index in [4.69, 9.17) is 0 Å². The fraction of sp³-hybridized carbons (Fsp3) is 0.105. The molecule has 1 N–H and O–H groups in total. The highest BCUT2D eigenvalue weighted by Gasteiger charge is 2.10. The highest BCUT2D eigenvalue weighted by atomic mass is 19.1. The first-order valence-corrected chi connectivity index (χ1v) is 8.04. The highest BCUT2D eigenvalue weighted by molar-refractivity contribution is 5.77. The SMILES string of the molecule is Fc1ccc(-c2cnn3c(NCCc4ccccn4)ccnc23)cc1. The molecule has 0 spiro atoms. The first-order chi connectivity index (χ1) is 12.3. The Morgan fingerprint density at radius 3 is 2.64 bits per heavy atom. The second-order valence-corrected chi connectivity index (χ2v) is 5.63. The van der Waals surface area contributed by atoms with Crippen molar-refractivity contribution in [1.82, 2.24) is 19.6 Å². The summed E-state index contributed by atoms with van der Waals surface area (Å²) in [6.45, 7) is 0.738. The standard InChI is InChI=1S/C19H16FN5/c20-15-6-4-14(5-7-15)17-13-24-25-18(9-12-23-19(17)25)22-11-8-16-3-1-2-10-21-16/h1-7,9-10,12-13,22H,8,11H2. The van der Waals surface area contributed by atoms with E-state index in [0.29, 0.717) is 0 Å². The van der Waals surface area contributed by atoms with Crippen LogP contribution < -0.4 is 5.32 Å². The fourth-order valence-electron chi connectivity index (χ4n) is 2.72. The van der Waals surface area contributed by atoms with Crippen LogP contribution in [0.1, 0.15) is 5.69 Å². The van der Waals surface area contributed by atoms with Crippen LogP contribution in [0.5, 0.6) is 0 Å². The molecule has 0 saturated heterocycles. The fourth-order valence-corrected chi connectivity index (χ4v) is 2.72. The van der Waals surface area contributed by atoms with E-state index in [1.54, 1.807) is 35.2 Å². The minimum Gasteiger partial charge on any atom is -0.370 e. The molecule has 0 radical (unpaired) electrons. The van der Waals surface area contributed by atoms with Crippen molar-refractivity contribution < 1.29 is 4.39 Å². The van der Waals surface area contributed by atoms with Crippen molar-refractivity contribution in [2.75, 3.05) is 11.9 Å². The van der Waals surface area contributed by atoms with Crippen LogP contribution in [0.4, 0.5) is 10.2 Å². The van der Waals surface area contributed by atoms with E-state index in [0.717, 1.165) is 41.3 Å². The van der Waals surface area contributed by atoms with E-state index in [1.807, 2.05) is 24.3 Å². The molecule has 0 bridgehead atoms. The van der Waals surface area contributed by atoms with E-state index in [-0.39, 0.29) is 5.82 Å². The van der Waals surface area contributed by atoms with Gasteiger partial charge in [0.1, 0.15) is 11.6 Å². The molecular formula is C19H16FN5. The molecule has 0 atom stereocenters. The third-order valence-corrected chi connectivity index (χ3v) is 3.97. The van der Waals surface area contributed by atoms with E-state index in [9.17, 15) is 4.39 Å². The van der Waals surface area contributed by atoms with Crippen LogP contribution in [-0.4, -0.2) is 26.1 Å². The lowest BCUT2D eigenvalue weighted by atomic mass is 10.1. The zero-order chi connectivity index (χ0) is 17.1. The predicted molar refractivity (Wildman–Crippen MR) is 94.8 cm³/mol. The van der Waals surface area contributed by atoms with Crippen molar-refractivity contribution in [3.05, 3.63) is 78.6 Å². The number of nitrogens with one attached hydrogen (secondary N) is 1. The first-order valence-electron chi connectivity index (χ1n) is 8.04. The van der Waals surface area contributed by atoms with Crippen LogP contribution >= 0.6 is 0 Å². The van der Waals surface area contributed by atoms with Gasteiger partial charge < -0.3 is 5.32 Å². The Labute approximate surface area is 144 Å². The lowest BCUT2D eigenvalue weighted by Gasteiger charge is -2.08. The number of pyridine rings is 1. The molecule has 3 heterocycles. The Kier molecular flexibility index (Phi) is 4.08. The Morgan fingerprint density at radius 1 is 0.960 bits per heavy atom. The second-order valence-electron chi connectivity index (χ2n) is 5.63. The van der Waals surface area contributed by atoms with Gasteiger partial charge in [-0.15, -0.1) is 0 Å². The molecular weight excluding hydrogens is 317 g/mol. The van der Waals surface area contributed by atoms with Crippen molar-refractivity contribution in [2.45, 2.75) is 6.42 Å². The lowest BCUT2D eigenvalue weighted by molar-refractivity contribution is 0.628. The maximum Gasteiger partial charge on any atom is 0.165 e. The Bertz CT molecular complexity index is 980. The van der Waals surface area contributed by atoms with Gasteiger partial charge >= 0.3 is 0 Å². The molecule has 0 aliphatic heterocycles. The Morgan fingerprint density at radius 2 is 1.84 bits per heavy atom. The number of fused-ring (bicyclic) bond motifs is 1. The number of anilines is 1. The molecule has 4 rings (SSSR count). The number of aromatic nitrogens is 4. The number of nitrogens with zero attached hydrogens (tertiary/aromatic N) is 4. The molecule has 1 aromatic carbocycles. The number of rotatable bonds is 5. The van der Waals surface area contributed by atoms with Crippen LogP contribution in [0.2, 0.25) is 0 Å². The summed E-state index contributed by atoms with van der Waals surface area (Å²) in [4.78, 5) is 8.74.